The lowest BCUT2D eigenvalue weighted by Crippen LogP contribution is -2.39. The number of nitrogens with one attached hydrogen (secondary N) is 1. The molecule has 0 radical (unpaired) electrons. The zero-order valence-electron chi connectivity index (χ0n) is 10.4. The van der Waals surface area contributed by atoms with Crippen LogP contribution in [0.15, 0.2) is 18.2 Å². The van der Waals surface area contributed by atoms with Gasteiger partial charge in [-0.3, -0.25) is 0 Å². The SMILES string of the molecule is FC1(F)CCN(c2ccc3c(c2)CCNC3)CC1. The molecule has 0 spiro atoms. The lowest BCUT2D eigenvalue weighted by atomic mass is 9.99. The zero-order valence-corrected chi connectivity index (χ0v) is 10.4. The number of nitrogens with zero attached hydrogens (tertiary/aromatic N) is 1. The first kappa shape index (κ1) is 11.9. The molecule has 0 aromatic heterocycles. The van der Waals surface area contributed by atoms with Gasteiger partial charge in [0, 0.05) is 38.2 Å². The highest BCUT2D eigenvalue weighted by molar-refractivity contribution is 5.52. The summed E-state index contributed by atoms with van der Waals surface area (Å²) in [6, 6.07) is 6.37. The molecule has 0 bridgehead atoms. The average molecular weight is 252 g/mol. The van der Waals surface area contributed by atoms with E-state index < -0.39 is 5.92 Å². The Labute approximate surface area is 106 Å². The van der Waals surface area contributed by atoms with Gasteiger partial charge in [-0.1, -0.05) is 6.07 Å². The predicted molar refractivity (Wildman–Crippen MR) is 68.2 cm³/mol. The molecule has 18 heavy (non-hydrogen) atoms. The number of fused-ring (bicyclic) bond motifs is 1. The minimum absolute atomic E-state index is 0.0222. The van der Waals surface area contributed by atoms with E-state index in [-0.39, 0.29) is 12.8 Å². The molecular weight excluding hydrogens is 234 g/mol. The molecule has 0 unspecified atom stereocenters. The Morgan fingerprint density at radius 2 is 1.89 bits per heavy atom. The van der Waals surface area contributed by atoms with E-state index in [2.05, 4.69) is 28.4 Å². The van der Waals surface area contributed by atoms with Crippen LogP contribution < -0.4 is 10.2 Å². The van der Waals surface area contributed by atoms with E-state index in [9.17, 15) is 8.78 Å². The number of benzene rings is 1. The molecule has 2 nitrogen and oxygen atoms in total. The van der Waals surface area contributed by atoms with Gasteiger partial charge in [-0.05, 0) is 36.2 Å². The minimum atomic E-state index is -2.46. The molecule has 0 saturated carbocycles. The van der Waals surface area contributed by atoms with Crippen molar-refractivity contribution in [1.29, 1.82) is 0 Å². The molecule has 0 atom stereocenters. The Morgan fingerprint density at radius 3 is 2.67 bits per heavy atom. The Kier molecular flexibility index (Phi) is 2.98. The van der Waals surface area contributed by atoms with Crippen LogP contribution in [0.4, 0.5) is 14.5 Å². The molecule has 1 fully saturated rings. The van der Waals surface area contributed by atoms with Crippen molar-refractivity contribution in [3.63, 3.8) is 0 Å². The van der Waals surface area contributed by atoms with Gasteiger partial charge in [0.15, 0.2) is 0 Å². The Hall–Kier alpha value is -1.16. The number of anilines is 1. The second-order valence-corrected chi connectivity index (χ2v) is 5.22. The number of piperidine rings is 1. The average Bonchev–Trinajstić information content (AvgIpc) is 2.38. The summed E-state index contributed by atoms with van der Waals surface area (Å²) in [6.07, 6.45) is 0.991. The highest BCUT2D eigenvalue weighted by Gasteiger charge is 2.34. The summed E-state index contributed by atoms with van der Waals surface area (Å²) in [5.74, 6) is -2.46. The van der Waals surface area contributed by atoms with Crippen LogP contribution in [0.5, 0.6) is 0 Å². The van der Waals surface area contributed by atoms with Crippen LogP contribution in [0.1, 0.15) is 24.0 Å². The van der Waals surface area contributed by atoms with E-state index in [0.29, 0.717) is 13.1 Å². The maximum atomic E-state index is 13.1. The highest BCUT2D eigenvalue weighted by atomic mass is 19.3. The lowest BCUT2D eigenvalue weighted by Gasteiger charge is -2.34. The summed E-state index contributed by atoms with van der Waals surface area (Å²) >= 11 is 0. The highest BCUT2D eigenvalue weighted by Crippen LogP contribution is 2.31. The number of hydrogen-bond acceptors (Lipinski definition) is 2. The van der Waals surface area contributed by atoms with Gasteiger partial charge in [0.25, 0.3) is 5.92 Å². The molecule has 0 amide bonds. The fraction of sp³-hybridized carbons (Fsp3) is 0.571. The molecule has 1 saturated heterocycles. The van der Waals surface area contributed by atoms with Gasteiger partial charge < -0.3 is 10.2 Å². The molecular formula is C14H18F2N2. The summed E-state index contributed by atoms with van der Waals surface area (Å²) in [4.78, 5) is 2.08. The number of alkyl halides is 2. The maximum Gasteiger partial charge on any atom is 0.251 e. The largest absolute Gasteiger partial charge is 0.371 e. The smallest absolute Gasteiger partial charge is 0.251 e. The first-order valence-corrected chi connectivity index (χ1v) is 6.59. The molecule has 2 aliphatic heterocycles. The quantitative estimate of drug-likeness (QED) is 0.826. The molecule has 1 aromatic rings. The summed E-state index contributed by atoms with van der Waals surface area (Å²) < 4.78 is 26.3. The number of halogens is 2. The van der Waals surface area contributed by atoms with Crippen molar-refractivity contribution >= 4 is 5.69 Å². The summed E-state index contributed by atoms with van der Waals surface area (Å²) in [6.45, 7) is 2.86. The normalized spacial score (nSPS) is 22.7. The number of hydrogen-bond donors (Lipinski definition) is 1. The molecule has 1 aromatic carbocycles. The summed E-state index contributed by atoms with van der Waals surface area (Å²) in [5.41, 5.74) is 3.81. The molecule has 4 heteroatoms. The third kappa shape index (κ3) is 2.34. The molecule has 1 N–H and O–H groups in total. The van der Waals surface area contributed by atoms with E-state index in [0.717, 1.165) is 25.2 Å². The summed E-state index contributed by atoms with van der Waals surface area (Å²) in [5, 5.41) is 3.34. The molecule has 2 aliphatic rings. The molecule has 98 valence electrons. The first-order chi connectivity index (χ1) is 8.64. The van der Waals surface area contributed by atoms with Crippen LogP contribution in [0, 0.1) is 0 Å². The fourth-order valence-corrected chi connectivity index (χ4v) is 2.75. The van der Waals surface area contributed by atoms with Crippen LogP contribution in [0.2, 0.25) is 0 Å². The van der Waals surface area contributed by atoms with E-state index in [1.54, 1.807) is 0 Å². The van der Waals surface area contributed by atoms with Crippen molar-refractivity contribution in [1.82, 2.24) is 5.32 Å². The van der Waals surface area contributed by atoms with Crippen molar-refractivity contribution in [2.24, 2.45) is 0 Å². The second kappa shape index (κ2) is 4.50. The molecule has 3 rings (SSSR count). The van der Waals surface area contributed by atoms with Crippen molar-refractivity contribution in [3.05, 3.63) is 29.3 Å². The van der Waals surface area contributed by atoms with Gasteiger partial charge in [0.1, 0.15) is 0 Å². The van der Waals surface area contributed by atoms with Crippen LogP contribution >= 0.6 is 0 Å². The Bertz CT molecular complexity index is 435. The number of rotatable bonds is 1. The monoisotopic (exact) mass is 252 g/mol. The van der Waals surface area contributed by atoms with E-state index in [1.165, 1.54) is 11.1 Å². The van der Waals surface area contributed by atoms with E-state index in [1.807, 2.05) is 0 Å². The van der Waals surface area contributed by atoms with E-state index >= 15 is 0 Å². The second-order valence-electron chi connectivity index (χ2n) is 5.22. The van der Waals surface area contributed by atoms with Gasteiger partial charge >= 0.3 is 0 Å². The van der Waals surface area contributed by atoms with Crippen LogP contribution in [0.25, 0.3) is 0 Å². The molecule has 2 heterocycles. The Balaban J connectivity index is 1.77. The topological polar surface area (TPSA) is 15.3 Å². The van der Waals surface area contributed by atoms with Crippen molar-refractivity contribution in [2.75, 3.05) is 24.5 Å². The van der Waals surface area contributed by atoms with Gasteiger partial charge in [-0.15, -0.1) is 0 Å². The molecule has 0 aliphatic carbocycles. The predicted octanol–water partition coefficient (Wildman–Crippen LogP) is 2.57. The van der Waals surface area contributed by atoms with Crippen molar-refractivity contribution < 1.29 is 8.78 Å². The Morgan fingerprint density at radius 1 is 1.11 bits per heavy atom. The van der Waals surface area contributed by atoms with E-state index in [4.69, 9.17) is 0 Å². The van der Waals surface area contributed by atoms with Crippen LogP contribution in [-0.2, 0) is 13.0 Å². The fourth-order valence-electron chi connectivity index (χ4n) is 2.75. The van der Waals surface area contributed by atoms with Crippen molar-refractivity contribution in [3.8, 4) is 0 Å². The third-order valence-electron chi connectivity index (χ3n) is 3.94. The van der Waals surface area contributed by atoms with Crippen LogP contribution in [-0.4, -0.2) is 25.6 Å². The van der Waals surface area contributed by atoms with Crippen molar-refractivity contribution in [2.45, 2.75) is 31.7 Å². The maximum absolute atomic E-state index is 13.1. The zero-order chi connectivity index (χ0) is 12.6. The van der Waals surface area contributed by atoms with Gasteiger partial charge in [0.2, 0.25) is 0 Å². The van der Waals surface area contributed by atoms with Gasteiger partial charge in [-0.25, -0.2) is 8.78 Å². The lowest BCUT2D eigenvalue weighted by molar-refractivity contribution is -0.0220. The van der Waals surface area contributed by atoms with Gasteiger partial charge in [0.05, 0.1) is 0 Å². The third-order valence-corrected chi connectivity index (χ3v) is 3.94. The van der Waals surface area contributed by atoms with Gasteiger partial charge in [-0.2, -0.15) is 0 Å². The van der Waals surface area contributed by atoms with Crippen LogP contribution in [0.3, 0.4) is 0 Å². The standard InChI is InChI=1S/C14H18F2N2/c15-14(16)4-7-18(8-5-14)13-2-1-12-10-17-6-3-11(12)9-13/h1-2,9,17H,3-8,10H2. The minimum Gasteiger partial charge on any atom is -0.371 e. The first-order valence-electron chi connectivity index (χ1n) is 6.59. The summed E-state index contributed by atoms with van der Waals surface area (Å²) in [7, 11) is 0.